The summed E-state index contributed by atoms with van der Waals surface area (Å²) in [5.74, 6) is -0.273. The molecule has 0 spiro atoms. The van der Waals surface area contributed by atoms with E-state index in [0.717, 1.165) is 36.1 Å². The Kier molecular flexibility index (Phi) is 4.67. The van der Waals surface area contributed by atoms with Crippen LogP contribution in [0.15, 0.2) is 48.1 Å². The molecule has 7 heteroatoms. The maximum Gasteiger partial charge on any atom is 0.256 e. The first-order valence-corrected chi connectivity index (χ1v) is 10.9. The molecule has 1 aromatic carbocycles. The van der Waals surface area contributed by atoms with Gasteiger partial charge in [0.25, 0.3) is 5.91 Å². The van der Waals surface area contributed by atoms with Crippen LogP contribution in [0.3, 0.4) is 0 Å². The Bertz CT molecular complexity index is 1040. The summed E-state index contributed by atoms with van der Waals surface area (Å²) in [5, 5.41) is 5.09. The molecule has 1 fully saturated rings. The molecule has 0 bridgehead atoms. The molecule has 2 aliphatic rings. The molecule has 1 saturated carbocycles. The zero-order valence-corrected chi connectivity index (χ0v) is 16.7. The van der Waals surface area contributed by atoms with Crippen LogP contribution >= 0.6 is 11.3 Å². The second-order valence-corrected chi connectivity index (χ2v) is 8.56. The lowest BCUT2D eigenvalue weighted by molar-refractivity contribution is -0.126. The molecule has 1 unspecified atom stereocenters. The van der Waals surface area contributed by atoms with Crippen LogP contribution in [-0.2, 0) is 11.3 Å². The number of H-pyrrole nitrogens is 1. The van der Waals surface area contributed by atoms with Crippen LogP contribution in [0.2, 0.25) is 0 Å². The average Bonchev–Trinajstić information content (AvgIpc) is 3.48. The molecule has 5 rings (SSSR count). The predicted molar refractivity (Wildman–Crippen MR) is 111 cm³/mol. The van der Waals surface area contributed by atoms with E-state index in [4.69, 9.17) is 0 Å². The molecule has 29 heavy (non-hydrogen) atoms. The van der Waals surface area contributed by atoms with E-state index in [1.165, 1.54) is 11.3 Å². The van der Waals surface area contributed by atoms with E-state index < -0.39 is 6.04 Å². The van der Waals surface area contributed by atoms with Crippen LogP contribution in [0.1, 0.15) is 53.3 Å². The minimum absolute atomic E-state index is 0.136. The number of imidazole rings is 1. The lowest BCUT2D eigenvalue weighted by Crippen LogP contribution is -2.45. The summed E-state index contributed by atoms with van der Waals surface area (Å²) in [6, 6.07) is 11.1. The summed E-state index contributed by atoms with van der Waals surface area (Å²) in [6.07, 6.45) is 5.87. The molecular formula is C22H22N4O2S. The maximum atomic E-state index is 13.5. The van der Waals surface area contributed by atoms with Crippen molar-refractivity contribution in [2.75, 3.05) is 0 Å². The Morgan fingerprint density at radius 1 is 1.21 bits per heavy atom. The lowest BCUT2D eigenvalue weighted by atomic mass is 10.1. The van der Waals surface area contributed by atoms with Crippen molar-refractivity contribution < 1.29 is 9.59 Å². The van der Waals surface area contributed by atoms with Crippen LogP contribution in [0.5, 0.6) is 0 Å². The molecule has 1 aliphatic carbocycles. The van der Waals surface area contributed by atoms with E-state index in [1.807, 2.05) is 41.8 Å². The van der Waals surface area contributed by atoms with Gasteiger partial charge in [-0.15, -0.1) is 11.3 Å². The highest BCUT2D eigenvalue weighted by Crippen LogP contribution is 2.40. The summed E-state index contributed by atoms with van der Waals surface area (Å²) in [5.41, 5.74) is 2.98. The van der Waals surface area contributed by atoms with Gasteiger partial charge in [0.2, 0.25) is 5.91 Å². The molecule has 6 nitrogen and oxygen atoms in total. The third-order valence-corrected chi connectivity index (χ3v) is 6.69. The van der Waals surface area contributed by atoms with Crippen LogP contribution < -0.4 is 5.32 Å². The number of fused-ring (bicyclic) bond motifs is 3. The average molecular weight is 407 g/mol. The molecule has 0 radical (unpaired) electrons. The van der Waals surface area contributed by atoms with E-state index in [-0.39, 0.29) is 17.9 Å². The van der Waals surface area contributed by atoms with E-state index in [1.54, 1.807) is 11.2 Å². The molecule has 2 N–H and O–H groups in total. The van der Waals surface area contributed by atoms with Crippen molar-refractivity contribution in [2.24, 2.45) is 0 Å². The summed E-state index contributed by atoms with van der Waals surface area (Å²) < 4.78 is 0. The van der Waals surface area contributed by atoms with Crippen LogP contribution in [0.25, 0.3) is 10.6 Å². The number of nitrogens with zero attached hydrogens (tertiary/aromatic N) is 2. The van der Waals surface area contributed by atoms with Gasteiger partial charge in [-0.05, 0) is 29.9 Å². The SMILES string of the molecule is O=C(NC1CCCC1)C1c2[nH]cnc2-c2sccc2C(=O)N1Cc1ccccc1. The van der Waals surface area contributed by atoms with Crippen molar-refractivity contribution in [3.63, 3.8) is 0 Å². The van der Waals surface area contributed by atoms with Gasteiger partial charge in [0, 0.05) is 12.6 Å². The van der Waals surface area contributed by atoms with E-state index in [9.17, 15) is 9.59 Å². The topological polar surface area (TPSA) is 78.1 Å². The van der Waals surface area contributed by atoms with Gasteiger partial charge in [-0.1, -0.05) is 43.2 Å². The Balaban J connectivity index is 1.58. The molecule has 0 saturated heterocycles. The summed E-state index contributed by atoms with van der Waals surface area (Å²) in [7, 11) is 0. The quantitative estimate of drug-likeness (QED) is 0.690. The van der Waals surface area contributed by atoms with Gasteiger partial charge in [0.1, 0.15) is 5.69 Å². The number of amides is 2. The third kappa shape index (κ3) is 3.25. The third-order valence-electron chi connectivity index (χ3n) is 5.77. The minimum atomic E-state index is -0.736. The summed E-state index contributed by atoms with van der Waals surface area (Å²) in [6.45, 7) is 0.357. The van der Waals surface area contributed by atoms with E-state index in [0.29, 0.717) is 23.5 Å². The fraction of sp³-hybridized carbons (Fsp3) is 0.318. The first kappa shape index (κ1) is 18.1. The number of aromatic nitrogens is 2. The Labute approximate surface area is 173 Å². The van der Waals surface area contributed by atoms with Crippen LogP contribution in [-0.4, -0.2) is 32.7 Å². The first-order chi connectivity index (χ1) is 14.2. The molecule has 148 valence electrons. The number of hydrogen-bond donors (Lipinski definition) is 2. The van der Waals surface area contributed by atoms with Gasteiger partial charge < -0.3 is 15.2 Å². The molecule has 1 atom stereocenters. The van der Waals surface area contributed by atoms with Gasteiger partial charge >= 0.3 is 0 Å². The molecule has 2 aromatic heterocycles. The highest BCUT2D eigenvalue weighted by Gasteiger charge is 2.40. The van der Waals surface area contributed by atoms with Crippen molar-refractivity contribution in [3.8, 4) is 10.6 Å². The van der Waals surface area contributed by atoms with Gasteiger partial charge in [-0.25, -0.2) is 4.98 Å². The van der Waals surface area contributed by atoms with Gasteiger partial charge in [0.15, 0.2) is 6.04 Å². The van der Waals surface area contributed by atoms with Crippen LogP contribution in [0, 0.1) is 0 Å². The highest BCUT2D eigenvalue weighted by atomic mass is 32.1. The Hall–Kier alpha value is -2.93. The number of rotatable bonds is 4. The molecule has 3 aromatic rings. The normalized spacial score (nSPS) is 19.0. The largest absolute Gasteiger partial charge is 0.351 e. The van der Waals surface area contributed by atoms with E-state index in [2.05, 4.69) is 15.3 Å². The van der Waals surface area contributed by atoms with E-state index >= 15 is 0 Å². The van der Waals surface area contributed by atoms with Crippen molar-refractivity contribution in [1.29, 1.82) is 0 Å². The number of carbonyl (C=O) groups excluding carboxylic acids is 2. The maximum absolute atomic E-state index is 13.5. The molecule has 2 amide bonds. The van der Waals surface area contributed by atoms with Crippen molar-refractivity contribution in [1.82, 2.24) is 20.2 Å². The fourth-order valence-corrected chi connectivity index (χ4v) is 5.25. The van der Waals surface area contributed by atoms with Gasteiger partial charge in [-0.2, -0.15) is 0 Å². The zero-order chi connectivity index (χ0) is 19.8. The van der Waals surface area contributed by atoms with Gasteiger partial charge in [0.05, 0.1) is 22.5 Å². The zero-order valence-electron chi connectivity index (χ0n) is 15.9. The molecule has 1 aliphatic heterocycles. The smallest absolute Gasteiger partial charge is 0.256 e. The molecular weight excluding hydrogens is 384 g/mol. The number of carbonyl (C=O) groups is 2. The predicted octanol–water partition coefficient (Wildman–Crippen LogP) is 3.89. The number of hydrogen-bond acceptors (Lipinski definition) is 4. The Morgan fingerprint density at radius 2 is 2.00 bits per heavy atom. The molecule has 3 heterocycles. The monoisotopic (exact) mass is 406 g/mol. The fourth-order valence-electron chi connectivity index (χ4n) is 4.35. The number of benzene rings is 1. The van der Waals surface area contributed by atoms with Crippen LogP contribution in [0.4, 0.5) is 0 Å². The second kappa shape index (κ2) is 7.48. The van der Waals surface area contributed by atoms with Crippen molar-refractivity contribution in [3.05, 3.63) is 64.9 Å². The van der Waals surface area contributed by atoms with Crippen molar-refractivity contribution in [2.45, 2.75) is 44.3 Å². The van der Waals surface area contributed by atoms with Gasteiger partial charge in [-0.3, -0.25) is 9.59 Å². The summed E-state index contributed by atoms with van der Waals surface area (Å²) >= 11 is 1.48. The standard InChI is InChI=1S/C22H22N4O2S/c27-21(25-15-8-4-5-9-15)19-17-18(24-13-23-17)20-16(10-11-29-20)22(28)26(19)12-14-6-2-1-3-7-14/h1-3,6-7,10-11,13,15,19H,4-5,8-9,12H2,(H,23,24)(H,25,27). The lowest BCUT2D eigenvalue weighted by Gasteiger charge is -2.30. The minimum Gasteiger partial charge on any atom is -0.351 e. The summed E-state index contributed by atoms with van der Waals surface area (Å²) in [4.78, 5) is 37.1. The second-order valence-electron chi connectivity index (χ2n) is 7.64. The first-order valence-electron chi connectivity index (χ1n) is 9.99. The Morgan fingerprint density at radius 3 is 2.79 bits per heavy atom. The number of nitrogens with one attached hydrogen (secondary N) is 2. The highest BCUT2D eigenvalue weighted by molar-refractivity contribution is 7.14. The number of aromatic amines is 1. The van der Waals surface area contributed by atoms with Crippen molar-refractivity contribution >= 4 is 23.2 Å². The number of thiophene rings is 1.